The predicted molar refractivity (Wildman–Crippen MR) is 76.2 cm³/mol. The number of hydrogen-bond acceptors (Lipinski definition) is 3. The average Bonchev–Trinajstić information content (AvgIpc) is 2.80. The molecule has 1 saturated heterocycles. The van der Waals surface area contributed by atoms with E-state index in [-0.39, 0.29) is 0 Å². The third kappa shape index (κ3) is 3.63. The molecule has 98 valence electrons. The van der Waals surface area contributed by atoms with Gasteiger partial charge < -0.3 is 10.6 Å². The zero-order valence-electron chi connectivity index (χ0n) is 11.1. The summed E-state index contributed by atoms with van der Waals surface area (Å²) in [6.45, 7) is 3.66. The van der Waals surface area contributed by atoms with E-state index < -0.39 is 0 Å². The molecule has 0 amide bonds. The lowest BCUT2D eigenvalue weighted by Crippen LogP contribution is -2.41. The van der Waals surface area contributed by atoms with Crippen LogP contribution in [-0.2, 0) is 0 Å². The highest BCUT2D eigenvalue weighted by Gasteiger charge is 2.45. The van der Waals surface area contributed by atoms with Crippen LogP contribution in [0, 0.1) is 5.41 Å². The van der Waals surface area contributed by atoms with E-state index in [0.717, 1.165) is 12.5 Å². The number of rotatable bonds is 6. The normalized spacial score (nSPS) is 27.6. The third-order valence-corrected chi connectivity index (χ3v) is 4.26. The van der Waals surface area contributed by atoms with Crippen molar-refractivity contribution in [2.45, 2.75) is 38.1 Å². The minimum absolute atomic E-state index is 0.445. The zero-order valence-corrected chi connectivity index (χ0v) is 11.9. The topological polar surface area (TPSA) is 32.5 Å². The Morgan fingerprint density at radius 1 is 1.47 bits per heavy atom. The van der Waals surface area contributed by atoms with Crippen molar-refractivity contribution in [1.82, 2.24) is 9.80 Å². The van der Waals surface area contributed by atoms with Crippen LogP contribution in [0.1, 0.15) is 32.1 Å². The Balaban J connectivity index is 1.87. The zero-order chi connectivity index (χ0) is 12.5. The summed E-state index contributed by atoms with van der Waals surface area (Å²) >= 11 is 5.08. The molecule has 0 radical (unpaired) electrons. The van der Waals surface area contributed by atoms with Crippen LogP contribution < -0.4 is 5.73 Å². The minimum Gasteiger partial charge on any atom is -0.393 e. The second-order valence-corrected chi connectivity index (χ2v) is 6.70. The maximum atomic E-state index is 5.71. The highest BCUT2D eigenvalue weighted by Crippen LogP contribution is 2.50. The van der Waals surface area contributed by atoms with Crippen LogP contribution in [0.25, 0.3) is 0 Å². The van der Waals surface area contributed by atoms with E-state index >= 15 is 0 Å². The molecule has 3 nitrogen and oxygen atoms in total. The Bertz CT molecular complexity index is 286. The first-order valence-electron chi connectivity index (χ1n) is 6.68. The van der Waals surface area contributed by atoms with Crippen LogP contribution >= 0.6 is 12.2 Å². The van der Waals surface area contributed by atoms with Crippen LogP contribution in [0.15, 0.2) is 0 Å². The summed E-state index contributed by atoms with van der Waals surface area (Å²) in [4.78, 5) is 5.67. The first-order valence-corrected chi connectivity index (χ1v) is 7.09. The first-order chi connectivity index (χ1) is 8.01. The van der Waals surface area contributed by atoms with Crippen LogP contribution in [0.4, 0.5) is 0 Å². The van der Waals surface area contributed by atoms with Crippen molar-refractivity contribution >= 4 is 17.2 Å². The number of nitrogens with two attached hydrogens (primary N) is 1. The summed E-state index contributed by atoms with van der Waals surface area (Å²) in [5.74, 6) is 0. The van der Waals surface area contributed by atoms with E-state index in [1.165, 1.54) is 45.3 Å². The van der Waals surface area contributed by atoms with Gasteiger partial charge in [-0.3, -0.25) is 4.90 Å². The van der Waals surface area contributed by atoms with Crippen molar-refractivity contribution < 1.29 is 0 Å². The molecule has 4 heteroatoms. The van der Waals surface area contributed by atoms with Crippen molar-refractivity contribution in [3.05, 3.63) is 0 Å². The fourth-order valence-corrected chi connectivity index (χ4v) is 3.41. The minimum atomic E-state index is 0.445. The quantitative estimate of drug-likeness (QED) is 0.729. The van der Waals surface area contributed by atoms with Crippen molar-refractivity contribution in [3.8, 4) is 0 Å². The molecule has 2 rings (SSSR count). The Hall–Kier alpha value is -0.190. The molecule has 0 spiro atoms. The van der Waals surface area contributed by atoms with Crippen LogP contribution in [-0.4, -0.2) is 54.6 Å². The van der Waals surface area contributed by atoms with Crippen molar-refractivity contribution in [3.63, 3.8) is 0 Å². The molecule has 1 heterocycles. The molecule has 1 aliphatic heterocycles. The molecule has 2 fully saturated rings. The summed E-state index contributed by atoms with van der Waals surface area (Å²) < 4.78 is 0. The Labute approximate surface area is 110 Å². The SMILES string of the molecule is CN(C)CC1CCCN1CC1(CC(N)=S)CC1. The van der Waals surface area contributed by atoms with Gasteiger partial charge in [0, 0.05) is 25.6 Å². The van der Waals surface area contributed by atoms with Crippen LogP contribution in [0.5, 0.6) is 0 Å². The highest BCUT2D eigenvalue weighted by molar-refractivity contribution is 7.80. The summed E-state index contributed by atoms with van der Waals surface area (Å²) in [5.41, 5.74) is 6.16. The molecule has 1 saturated carbocycles. The highest BCUT2D eigenvalue weighted by atomic mass is 32.1. The van der Waals surface area contributed by atoms with E-state index in [0.29, 0.717) is 10.4 Å². The van der Waals surface area contributed by atoms with E-state index in [4.69, 9.17) is 18.0 Å². The maximum Gasteiger partial charge on any atom is 0.0733 e. The third-order valence-electron chi connectivity index (χ3n) is 4.12. The van der Waals surface area contributed by atoms with Gasteiger partial charge in [0.2, 0.25) is 0 Å². The monoisotopic (exact) mass is 255 g/mol. The van der Waals surface area contributed by atoms with E-state index in [2.05, 4.69) is 23.9 Å². The van der Waals surface area contributed by atoms with Gasteiger partial charge in [-0.15, -0.1) is 0 Å². The molecule has 1 unspecified atom stereocenters. The first kappa shape index (κ1) is 13.2. The van der Waals surface area contributed by atoms with E-state index in [1.807, 2.05) is 0 Å². The molecular weight excluding hydrogens is 230 g/mol. The smallest absolute Gasteiger partial charge is 0.0733 e. The lowest BCUT2D eigenvalue weighted by atomic mass is 10.0. The average molecular weight is 255 g/mol. The van der Waals surface area contributed by atoms with E-state index in [1.54, 1.807) is 0 Å². The number of likely N-dealkylation sites (N-methyl/N-ethyl adjacent to an activating group) is 1. The fraction of sp³-hybridized carbons (Fsp3) is 0.923. The molecule has 0 aromatic heterocycles. The van der Waals surface area contributed by atoms with Crippen molar-refractivity contribution in [2.24, 2.45) is 11.1 Å². The lowest BCUT2D eigenvalue weighted by Gasteiger charge is -2.30. The molecule has 0 aromatic rings. The summed E-state index contributed by atoms with van der Waals surface area (Å²) in [6.07, 6.45) is 6.28. The van der Waals surface area contributed by atoms with Crippen LogP contribution in [0.2, 0.25) is 0 Å². The lowest BCUT2D eigenvalue weighted by molar-refractivity contribution is 0.175. The second kappa shape index (κ2) is 5.21. The molecule has 1 aliphatic carbocycles. The molecule has 0 bridgehead atoms. The second-order valence-electron chi connectivity index (χ2n) is 6.17. The van der Waals surface area contributed by atoms with Gasteiger partial charge in [0.1, 0.15) is 0 Å². The fourth-order valence-electron chi connectivity index (χ4n) is 3.10. The van der Waals surface area contributed by atoms with Gasteiger partial charge >= 0.3 is 0 Å². The van der Waals surface area contributed by atoms with Crippen molar-refractivity contribution in [1.29, 1.82) is 0 Å². The summed E-state index contributed by atoms with van der Waals surface area (Å²) in [6, 6.07) is 0.744. The Morgan fingerprint density at radius 2 is 2.18 bits per heavy atom. The van der Waals surface area contributed by atoms with Gasteiger partial charge in [-0.05, 0) is 51.7 Å². The van der Waals surface area contributed by atoms with Gasteiger partial charge in [-0.2, -0.15) is 0 Å². The van der Waals surface area contributed by atoms with Gasteiger partial charge in [-0.1, -0.05) is 12.2 Å². The maximum absolute atomic E-state index is 5.71. The summed E-state index contributed by atoms with van der Waals surface area (Å²) in [5, 5.41) is 0. The molecule has 2 N–H and O–H groups in total. The molecule has 2 aliphatic rings. The summed E-state index contributed by atoms with van der Waals surface area (Å²) in [7, 11) is 4.33. The molecular formula is C13H25N3S. The molecule has 0 aromatic carbocycles. The molecule has 1 atom stereocenters. The van der Waals surface area contributed by atoms with Gasteiger partial charge in [0.05, 0.1) is 4.99 Å². The largest absolute Gasteiger partial charge is 0.393 e. The number of likely N-dealkylation sites (tertiary alicyclic amines) is 1. The Kier molecular flexibility index (Phi) is 4.06. The number of hydrogen-bond donors (Lipinski definition) is 1. The van der Waals surface area contributed by atoms with E-state index in [9.17, 15) is 0 Å². The number of thiocarbonyl (C=S) groups is 1. The predicted octanol–water partition coefficient (Wildman–Crippen LogP) is 1.47. The standard InChI is InChI=1S/C13H25N3S/c1-15(2)9-11-4-3-7-16(11)10-13(5-6-13)8-12(14)17/h11H,3-10H2,1-2H3,(H2,14,17). The Morgan fingerprint density at radius 3 is 2.71 bits per heavy atom. The van der Waals surface area contributed by atoms with Gasteiger partial charge in [0.25, 0.3) is 0 Å². The van der Waals surface area contributed by atoms with Crippen molar-refractivity contribution in [2.75, 3.05) is 33.7 Å². The van der Waals surface area contributed by atoms with Crippen LogP contribution in [0.3, 0.4) is 0 Å². The molecule has 17 heavy (non-hydrogen) atoms. The number of nitrogens with zero attached hydrogens (tertiary/aromatic N) is 2. The van der Waals surface area contributed by atoms with Gasteiger partial charge in [0.15, 0.2) is 0 Å². The van der Waals surface area contributed by atoms with Gasteiger partial charge in [-0.25, -0.2) is 0 Å².